The molecule has 0 saturated carbocycles. The summed E-state index contributed by atoms with van der Waals surface area (Å²) in [6.45, 7) is 1.91. The van der Waals surface area contributed by atoms with Crippen molar-refractivity contribution in [2.45, 2.75) is 17.8 Å². The summed E-state index contributed by atoms with van der Waals surface area (Å²) in [5.74, 6) is 3.32. The summed E-state index contributed by atoms with van der Waals surface area (Å²) >= 11 is 1.52. The molecule has 0 bridgehead atoms. The Morgan fingerprint density at radius 2 is 2.00 bits per heavy atom. The topological polar surface area (TPSA) is 95.7 Å². The first kappa shape index (κ1) is 15.6. The highest BCUT2D eigenvalue weighted by Gasteiger charge is 2.15. The monoisotopic (exact) mass is 352 g/mol. The van der Waals surface area contributed by atoms with Crippen LogP contribution in [0, 0.1) is 6.92 Å². The largest absolute Gasteiger partial charge is 0.469 e. The van der Waals surface area contributed by atoms with Gasteiger partial charge in [-0.3, -0.25) is 0 Å². The van der Waals surface area contributed by atoms with Gasteiger partial charge in [0.2, 0.25) is 0 Å². The van der Waals surface area contributed by atoms with Gasteiger partial charge < -0.3 is 14.7 Å². The summed E-state index contributed by atoms with van der Waals surface area (Å²) in [5, 5.41) is 10.2. The number of nitrogens with zero attached hydrogens (tertiary/aromatic N) is 5. The zero-order chi connectivity index (χ0) is 17.4. The molecule has 0 aliphatic heterocycles. The van der Waals surface area contributed by atoms with Crippen molar-refractivity contribution in [3.8, 4) is 11.4 Å². The van der Waals surface area contributed by atoms with Crippen LogP contribution in [0.3, 0.4) is 0 Å². The molecule has 0 aliphatic carbocycles. The number of para-hydroxylation sites is 1. The number of nitrogens with two attached hydrogens (primary N) is 1. The number of furan rings is 1. The molecule has 3 heterocycles. The second kappa shape index (κ2) is 6.21. The van der Waals surface area contributed by atoms with E-state index in [2.05, 4.69) is 20.2 Å². The van der Waals surface area contributed by atoms with E-state index in [-0.39, 0.29) is 0 Å². The van der Waals surface area contributed by atoms with E-state index in [9.17, 15) is 0 Å². The van der Waals surface area contributed by atoms with Crippen molar-refractivity contribution >= 4 is 28.5 Å². The van der Waals surface area contributed by atoms with Gasteiger partial charge in [-0.15, -0.1) is 10.2 Å². The summed E-state index contributed by atoms with van der Waals surface area (Å²) in [6.07, 6.45) is 1.65. The fourth-order valence-electron chi connectivity index (χ4n) is 2.64. The van der Waals surface area contributed by atoms with Crippen LogP contribution in [0.15, 0.2) is 46.2 Å². The van der Waals surface area contributed by atoms with Crippen LogP contribution in [-0.4, -0.2) is 24.7 Å². The molecule has 0 saturated heterocycles. The Balaban J connectivity index is 1.58. The minimum absolute atomic E-state index is 0.494. The lowest BCUT2D eigenvalue weighted by Crippen LogP contribution is -2.01. The number of aromatic nitrogens is 5. The van der Waals surface area contributed by atoms with E-state index in [1.54, 1.807) is 6.26 Å². The number of nitrogen functional groups attached to an aromatic ring is 1. The maximum absolute atomic E-state index is 6.04. The summed E-state index contributed by atoms with van der Waals surface area (Å²) in [5.41, 5.74) is 7.82. The van der Waals surface area contributed by atoms with Crippen molar-refractivity contribution in [1.82, 2.24) is 24.7 Å². The number of anilines is 1. The van der Waals surface area contributed by atoms with Crippen LogP contribution >= 0.6 is 11.8 Å². The minimum Gasteiger partial charge on any atom is -0.469 e. The first-order valence-corrected chi connectivity index (χ1v) is 8.70. The summed E-state index contributed by atoms with van der Waals surface area (Å²) in [4.78, 5) is 8.96. The summed E-state index contributed by atoms with van der Waals surface area (Å²) in [7, 11) is 1.93. The number of fused-ring (bicyclic) bond motifs is 1. The van der Waals surface area contributed by atoms with Crippen LogP contribution in [0.2, 0.25) is 0 Å². The Hall–Kier alpha value is -2.87. The van der Waals surface area contributed by atoms with Crippen molar-refractivity contribution in [3.05, 3.63) is 48.2 Å². The molecule has 4 rings (SSSR count). The normalized spacial score (nSPS) is 11.3. The number of hydrogen-bond donors (Lipinski definition) is 1. The lowest BCUT2D eigenvalue weighted by atomic mass is 10.2. The fraction of sp³-hybridized carbons (Fsp3) is 0.176. The Morgan fingerprint density at radius 1 is 1.16 bits per heavy atom. The third kappa shape index (κ3) is 2.85. The summed E-state index contributed by atoms with van der Waals surface area (Å²) in [6, 6.07) is 9.61. The molecule has 25 heavy (non-hydrogen) atoms. The Bertz CT molecular complexity index is 1050. The van der Waals surface area contributed by atoms with E-state index in [1.165, 1.54) is 11.8 Å². The van der Waals surface area contributed by atoms with Crippen LogP contribution in [0.25, 0.3) is 22.3 Å². The molecule has 1 aromatic carbocycles. The van der Waals surface area contributed by atoms with Gasteiger partial charge in [-0.2, -0.15) is 0 Å². The number of hydrogen-bond acceptors (Lipinski definition) is 7. The van der Waals surface area contributed by atoms with E-state index < -0.39 is 0 Å². The first-order chi connectivity index (χ1) is 12.1. The number of aryl methyl sites for hydroxylation is 1. The highest BCUT2D eigenvalue weighted by molar-refractivity contribution is 7.98. The molecule has 7 nitrogen and oxygen atoms in total. The molecule has 126 valence electrons. The average molecular weight is 352 g/mol. The maximum Gasteiger partial charge on any atom is 0.191 e. The molecule has 0 radical (unpaired) electrons. The predicted molar refractivity (Wildman–Crippen MR) is 97.0 cm³/mol. The zero-order valence-corrected chi connectivity index (χ0v) is 14.6. The van der Waals surface area contributed by atoms with E-state index in [0.717, 1.165) is 33.2 Å². The van der Waals surface area contributed by atoms with Gasteiger partial charge in [-0.1, -0.05) is 23.9 Å². The molecule has 2 N–H and O–H groups in total. The Morgan fingerprint density at radius 3 is 2.80 bits per heavy atom. The van der Waals surface area contributed by atoms with Gasteiger partial charge in [-0.25, -0.2) is 9.97 Å². The SMILES string of the molecule is Cc1occc1-c1nnc(SCc2nc(N)c3ccccc3n2)n1C. The molecule has 3 aromatic heterocycles. The third-order valence-corrected chi connectivity index (χ3v) is 4.96. The average Bonchev–Trinajstić information content (AvgIpc) is 3.18. The number of benzene rings is 1. The van der Waals surface area contributed by atoms with Gasteiger partial charge in [0.05, 0.1) is 23.1 Å². The van der Waals surface area contributed by atoms with Gasteiger partial charge in [0.1, 0.15) is 17.4 Å². The van der Waals surface area contributed by atoms with Gasteiger partial charge >= 0.3 is 0 Å². The lowest BCUT2D eigenvalue weighted by molar-refractivity contribution is 0.534. The first-order valence-electron chi connectivity index (χ1n) is 7.71. The minimum atomic E-state index is 0.494. The van der Waals surface area contributed by atoms with Gasteiger partial charge in [0.25, 0.3) is 0 Å². The lowest BCUT2D eigenvalue weighted by Gasteiger charge is -2.05. The molecule has 0 fully saturated rings. The second-order valence-electron chi connectivity index (χ2n) is 5.59. The van der Waals surface area contributed by atoms with E-state index in [1.807, 2.05) is 48.9 Å². The van der Waals surface area contributed by atoms with Crippen LogP contribution in [0.5, 0.6) is 0 Å². The molecule has 0 spiro atoms. The van der Waals surface area contributed by atoms with E-state index in [4.69, 9.17) is 10.2 Å². The molecule has 0 amide bonds. The van der Waals surface area contributed by atoms with Gasteiger partial charge in [0, 0.05) is 12.4 Å². The summed E-state index contributed by atoms with van der Waals surface area (Å²) < 4.78 is 7.28. The van der Waals surface area contributed by atoms with Gasteiger partial charge in [0.15, 0.2) is 11.0 Å². The number of thioether (sulfide) groups is 1. The molecule has 0 aliphatic rings. The predicted octanol–water partition coefficient (Wildman–Crippen LogP) is 3.20. The van der Waals surface area contributed by atoms with Gasteiger partial charge in [-0.05, 0) is 25.1 Å². The molecule has 4 aromatic rings. The third-order valence-electron chi connectivity index (χ3n) is 3.94. The zero-order valence-electron chi connectivity index (χ0n) is 13.8. The van der Waals surface area contributed by atoms with Crippen molar-refractivity contribution in [2.24, 2.45) is 7.05 Å². The van der Waals surface area contributed by atoms with Crippen LogP contribution in [-0.2, 0) is 12.8 Å². The van der Waals surface area contributed by atoms with Crippen LogP contribution in [0.1, 0.15) is 11.6 Å². The highest BCUT2D eigenvalue weighted by Crippen LogP contribution is 2.27. The van der Waals surface area contributed by atoms with Crippen molar-refractivity contribution in [1.29, 1.82) is 0 Å². The standard InChI is InChI=1S/C17H16N6OS/c1-10-11(7-8-24-10)16-21-22-17(23(16)2)25-9-14-19-13-6-4-3-5-12(13)15(18)20-14/h3-8H,9H2,1-2H3,(H2,18,19,20). The Labute approximate surface area is 148 Å². The van der Waals surface area contributed by atoms with Crippen LogP contribution < -0.4 is 5.73 Å². The number of rotatable bonds is 4. The molecule has 8 heteroatoms. The highest BCUT2D eigenvalue weighted by atomic mass is 32.2. The van der Waals surface area contributed by atoms with Crippen molar-refractivity contribution < 1.29 is 4.42 Å². The van der Waals surface area contributed by atoms with Crippen LogP contribution in [0.4, 0.5) is 5.82 Å². The van der Waals surface area contributed by atoms with Crippen molar-refractivity contribution in [2.75, 3.05) is 5.73 Å². The Kier molecular flexibility index (Phi) is 3.89. The fourth-order valence-corrected chi connectivity index (χ4v) is 3.40. The molecule has 0 unspecified atom stereocenters. The quantitative estimate of drug-likeness (QED) is 0.563. The molecular weight excluding hydrogens is 336 g/mol. The molecular formula is C17H16N6OS. The molecule has 0 atom stereocenters. The maximum atomic E-state index is 6.04. The van der Waals surface area contributed by atoms with Crippen molar-refractivity contribution in [3.63, 3.8) is 0 Å². The second-order valence-corrected chi connectivity index (χ2v) is 6.53. The van der Waals surface area contributed by atoms with E-state index in [0.29, 0.717) is 17.4 Å². The van der Waals surface area contributed by atoms with E-state index >= 15 is 0 Å². The smallest absolute Gasteiger partial charge is 0.191 e.